The zero-order chi connectivity index (χ0) is 19.7. The minimum absolute atomic E-state index is 0.0741. The first-order valence-corrected chi connectivity index (χ1v) is 9.56. The van der Waals surface area contributed by atoms with Crippen molar-refractivity contribution in [3.05, 3.63) is 59.0 Å². The van der Waals surface area contributed by atoms with Crippen LogP contribution < -0.4 is 10.1 Å². The van der Waals surface area contributed by atoms with Crippen molar-refractivity contribution in [2.75, 3.05) is 18.5 Å². The second kappa shape index (κ2) is 7.72. The first-order chi connectivity index (χ1) is 13.5. The maximum absolute atomic E-state index is 14.5. The summed E-state index contributed by atoms with van der Waals surface area (Å²) in [7, 11) is 0. The van der Waals surface area contributed by atoms with Crippen LogP contribution in [0.5, 0.6) is 5.75 Å². The molecule has 1 fully saturated rings. The molecule has 1 saturated heterocycles. The van der Waals surface area contributed by atoms with Crippen LogP contribution >= 0.6 is 0 Å². The molecule has 2 atom stereocenters. The van der Waals surface area contributed by atoms with Gasteiger partial charge in [-0.05, 0) is 44.5 Å². The van der Waals surface area contributed by atoms with Gasteiger partial charge in [0.25, 0.3) is 0 Å². The maximum atomic E-state index is 14.5. The van der Waals surface area contributed by atoms with Gasteiger partial charge in [0.15, 0.2) is 5.82 Å². The highest BCUT2D eigenvalue weighted by Crippen LogP contribution is 2.31. The van der Waals surface area contributed by atoms with Crippen molar-refractivity contribution in [2.24, 2.45) is 0 Å². The molecule has 3 aromatic rings. The first-order valence-electron chi connectivity index (χ1n) is 9.56. The standard InChI is InChI=1S/C22H24FN3O2/c1-13-5-4-6-19(21(13)23)14(2)24-22-20-11-16(28-17-9-10-27-12-17)7-8-18(20)15(3)25-26-22/h4-8,11,14,17H,9-10,12H2,1-3H3,(H,24,26)/t14-,17+/m1/s1. The van der Waals surface area contributed by atoms with Crippen LogP contribution in [0.25, 0.3) is 10.8 Å². The molecule has 0 unspecified atom stereocenters. The summed E-state index contributed by atoms with van der Waals surface area (Å²) in [6.07, 6.45) is 0.963. The van der Waals surface area contributed by atoms with E-state index >= 15 is 0 Å². The van der Waals surface area contributed by atoms with E-state index in [0.29, 0.717) is 23.6 Å². The van der Waals surface area contributed by atoms with E-state index in [-0.39, 0.29) is 18.0 Å². The number of benzene rings is 2. The Bertz CT molecular complexity index is 1000. The lowest BCUT2D eigenvalue weighted by molar-refractivity contribution is 0.141. The number of halogens is 1. The van der Waals surface area contributed by atoms with E-state index in [1.54, 1.807) is 19.1 Å². The van der Waals surface area contributed by atoms with E-state index in [9.17, 15) is 4.39 Å². The number of hydrogen-bond acceptors (Lipinski definition) is 5. The van der Waals surface area contributed by atoms with Crippen LogP contribution in [-0.4, -0.2) is 29.5 Å². The number of nitrogens with one attached hydrogen (secondary N) is 1. The fraction of sp³-hybridized carbons (Fsp3) is 0.364. The number of anilines is 1. The summed E-state index contributed by atoms with van der Waals surface area (Å²) in [5.41, 5.74) is 2.07. The number of ether oxygens (including phenoxy) is 2. The van der Waals surface area contributed by atoms with Crippen LogP contribution in [0.1, 0.15) is 36.2 Å². The van der Waals surface area contributed by atoms with E-state index in [1.165, 1.54) is 0 Å². The molecule has 28 heavy (non-hydrogen) atoms. The summed E-state index contributed by atoms with van der Waals surface area (Å²) in [4.78, 5) is 0. The molecule has 2 heterocycles. The minimum atomic E-state index is -0.257. The molecule has 1 aliphatic rings. The van der Waals surface area contributed by atoms with Crippen molar-refractivity contribution in [3.63, 3.8) is 0 Å². The Morgan fingerprint density at radius 1 is 1.18 bits per heavy atom. The molecule has 0 spiro atoms. The lowest BCUT2D eigenvalue weighted by atomic mass is 10.0. The molecular formula is C22H24FN3O2. The summed E-state index contributed by atoms with van der Waals surface area (Å²) in [6.45, 7) is 6.95. The molecule has 4 rings (SSSR count). The van der Waals surface area contributed by atoms with Gasteiger partial charge >= 0.3 is 0 Å². The predicted molar refractivity (Wildman–Crippen MR) is 107 cm³/mol. The van der Waals surface area contributed by atoms with Crippen molar-refractivity contribution < 1.29 is 13.9 Å². The molecule has 0 radical (unpaired) electrons. The molecule has 6 heteroatoms. The zero-order valence-corrected chi connectivity index (χ0v) is 16.3. The highest BCUT2D eigenvalue weighted by atomic mass is 19.1. The van der Waals surface area contributed by atoms with Gasteiger partial charge in [0, 0.05) is 22.8 Å². The molecule has 146 valence electrons. The summed E-state index contributed by atoms with van der Waals surface area (Å²) in [5, 5.41) is 13.8. The first kappa shape index (κ1) is 18.6. The second-order valence-corrected chi connectivity index (χ2v) is 7.29. The van der Waals surface area contributed by atoms with Gasteiger partial charge in [-0.3, -0.25) is 0 Å². The average molecular weight is 381 g/mol. The number of fused-ring (bicyclic) bond motifs is 1. The van der Waals surface area contributed by atoms with Crippen molar-refractivity contribution >= 4 is 16.6 Å². The van der Waals surface area contributed by atoms with Crippen molar-refractivity contribution in [3.8, 4) is 5.75 Å². The third-order valence-electron chi connectivity index (χ3n) is 5.17. The summed E-state index contributed by atoms with van der Waals surface area (Å²) in [6, 6.07) is 11.1. The van der Waals surface area contributed by atoms with Gasteiger partial charge < -0.3 is 14.8 Å². The number of aryl methyl sites for hydroxylation is 2. The van der Waals surface area contributed by atoms with Gasteiger partial charge in [-0.2, -0.15) is 5.10 Å². The van der Waals surface area contributed by atoms with Crippen LogP contribution in [0.2, 0.25) is 0 Å². The quantitative estimate of drug-likeness (QED) is 0.693. The number of rotatable bonds is 5. The molecule has 0 saturated carbocycles. The highest BCUT2D eigenvalue weighted by Gasteiger charge is 2.19. The lowest BCUT2D eigenvalue weighted by Crippen LogP contribution is -2.15. The number of aromatic nitrogens is 2. The van der Waals surface area contributed by atoms with Crippen LogP contribution in [0.3, 0.4) is 0 Å². The number of hydrogen-bond donors (Lipinski definition) is 1. The third kappa shape index (κ3) is 3.64. The Morgan fingerprint density at radius 3 is 2.82 bits per heavy atom. The predicted octanol–water partition coefficient (Wildman–Crippen LogP) is 4.73. The largest absolute Gasteiger partial charge is 0.488 e. The smallest absolute Gasteiger partial charge is 0.157 e. The number of nitrogens with zero attached hydrogens (tertiary/aromatic N) is 2. The highest BCUT2D eigenvalue weighted by molar-refractivity contribution is 5.94. The van der Waals surface area contributed by atoms with Crippen LogP contribution in [0.4, 0.5) is 10.2 Å². The summed E-state index contributed by atoms with van der Waals surface area (Å²) in [5.74, 6) is 1.19. The van der Waals surface area contributed by atoms with Gasteiger partial charge in [-0.1, -0.05) is 18.2 Å². The molecular weight excluding hydrogens is 357 g/mol. The van der Waals surface area contributed by atoms with E-state index in [0.717, 1.165) is 35.2 Å². The Hall–Kier alpha value is -2.73. The molecule has 0 aliphatic carbocycles. The molecule has 1 aliphatic heterocycles. The summed E-state index contributed by atoms with van der Waals surface area (Å²) < 4.78 is 25.9. The van der Waals surface area contributed by atoms with Crippen molar-refractivity contribution in [1.82, 2.24) is 10.2 Å². The fourth-order valence-corrected chi connectivity index (χ4v) is 3.53. The van der Waals surface area contributed by atoms with Crippen molar-refractivity contribution in [1.29, 1.82) is 0 Å². The van der Waals surface area contributed by atoms with Crippen LogP contribution in [0.15, 0.2) is 36.4 Å². The van der Waals surface area contributed by atoms with Crippen LogP contribution in [-0.2, 0) is 4.74 Å². The Labute approximate surface area is 163 Å². The van der Waals surface area contributed by atoms with E-state index < -0.39 is 0 Å². The van der Waals surface area contributed by atoms with Gasteiger partial charge in [-0.15, -0.1) is 5.10 Å². The molecule has 5 nitrogen and oxygen atoms in total. The monoisotopic (exact) mass is 381 g/mol. The SMILES string of the molecule is Cc1cccc([C@@H](C)Nc2nnc(C)c3ccc(O[C@H]4CCOC4)cc23)c1F. The normalized spacial score (nSPS) is 17.6. The Kier molecular flexibility index (Phi) is 5.13. The zero-order valence-electron chi connectivity index (χ0n) is 16.3. The van der Waals surface area contributed by atoms with E-state index in [4.69, 9.17) is 9.47 Å². The Balaban J connectivity index is 1.67. The van der Waals surface area contributed by atoms with E-state index in [1.807, 2.05) is 38.1 Å². The lowest BCUT2D eigenvalue weighted by Gasteiger charge is -2.18. The van der Waals surface area contributed by atoms with Gasteiger partial charge in [-0.25, -0.2) is 4.39 Å². The summed E-state index contributed by atoms with van der Waals surface area (Å²) >= 11 is 0. The fourth-order valence-electron chi connectivity index (χ4n) is 3.53. The van der Waals surface area contributed by atoms with Gasteiger partial charge in [0.05, 0.1) is 24.9 Å². The average Bonchev–Trinajstić information content (AvgIpc) is 3.19. The minimum Gasteiger partial charge on any atom is -0.488 e. The van der Waals surface area contributed by atoms with Gasteiger partial charge in [0.2, 0.25) is 0 Å². The third-order valence-corrected chi connectivity index (χ3v) is 5.17. The maximum Gasteiger partial charge on any atom is 0.157 e. The topological polar surface area (TPSA) is 56.3 Å². The molecule has 0 amide bonds. The van der Waals surface area contributed by atoms with Gasteiger partial charge in [0.1, 0.15) is 17.7 Å². The second-order valence-electron chi connectivity index (χ2n) is 7.29. The molecule has 2 aromatic carbocycles. The molecule has 0 bridgehead atoms. The molecule has 1 N–H and O–H groups in total. The van der Waals surface area contributed by atoms with Crippen molar-refractivity contribution in [2.45, 2.75) is 39.3 Å². The van der Waals surface area contributed by atoms with Crippen LogP contribution in [0, 0.1) is 19.7 Å². The van der Waals surface area contributed by atoms with E-state index in [2.05, 4.69) is 15.5 Å². The Morgan fingerprint density at radius 2 is 2.04 bits per heavy atom. The molecule has 1 aromatic heterocycles.